The Morgan fingerprint density at radius 2 is 1.88 bits per heavy atom. The van der Waals surface area contributed by atoms with Gasteiger partial charge in [0.2, 0.25) is 0 Å². The predicted octanol–water partition coefficient (Wildman–Crippen LogP) is 4.67. The fourth-order valence-electron chi connectivity index (χ4n) is 3.42. The summed E-state index contributed by atoms with van der Waals surface area (Å²) in [4.78, 5) is 14.4. The molecule has 0 amide bonds. The molecule has 0 aliphatic carbocycles. The number of phenols is 1. The van der Waals surface area contributed by atoms with E-state index < -0.39 is 0 Å². The Hall–Kier alpha value is -2.11. The molecule has 2 aromatic carbocycles. The van der Waals surface area contributed by atoms with E-state index in [1.54, 1.807) is 6.92 Å². The van der Waals surface area contributed by atoms with Gasteiger partial charge in [-0.1, -0.05) is 18.2 Å². The van der Waals surface area contributed by atoms with Crippen molar-refractivity contribution < 1.29 is 9.90 Å². The van der Waals surface area contributed by atoms with E-state index in [1.165, 1.54) is 0 Å². The second-order valence-corrected chi connectivity index (χ2v) is 7.36. The molecule has 0 atom stereocenters. The molecule has 1 aromatic heterocycles. The maximum atomic E-state index is 12.4. The summed E-state index contributed by atoms with van der Waals surface area (Å²) in [5, 5.41) is 11.4. The van der Waals surface area contributed by atoms with Crippen LogP contribution in [0.25, 0.3) is 16.6 Å². The molecule has 0 spiro atoms. The third-order valence-electron chi connectivity index (χ3n) is 4.36. The third-order valence-corrected chi connectivity index (χ3v) is 4.97. The molecule has 1 N–H and O–H groups in total. The van der Waals surface area contributed by atoms with Crippen LogP contribution in [0.2, 0.25) is 0 Å². The lowest BCUT2D eigenvalue weighted by Crippen LogP contribution is -2.12. The number of fused-ring (bicyclic) bond motifs is 1. The first-order valence-electron chi connectivity index (χ1n) is 8.09. The summed E-state index contributed by atoms with van der Waals surface area (Å²) < 4.78 is 2.71. The van der Waals surface area contributed by atoms with Crippen LogP contribution in [0.1, 0.15) is 28.5 Å². The summed E-state index contributed by atoms with van der Waals surface area (Å²) >= 11 is 3.47. The molecule has 0 aliphatic rings. The van der Waals surface area contributed by atoms with Crippen molar-refractivity contribution in [3.05, 3.63) is 57.7 Å². The lowest BCUT2D eigenvalue weighted by atomic mass is 10.0. The average Bonchev–Trinajstić information content (AvgIpc) is 2.84. The van der Waals surface area contributed by atoms with E-state index in [1.807, 2.05) is 62.3 Å². The third kappa shape index (κ3) is 2.98. The van der Waals surface area contributed by atoms with Gasteiger partial charge in [-0.15, -0.1) is 0 Å². The molecule has 0 saturated carbocycles. The highest BCUT2D eigenvalue weighted by Crippen LogP contribution is 2.40. The normalized spacial score (nSPS) is 11.4. The fraction of sp³-hybridized carbons (Fsp3) is 0.250. The molecule has 0 saturated heterocycles. The number of carbonyl (C=O) groups excluding carboxylic acids is 1. The number of carbonyl (C=O) groups is 1. The van der Waals surface area contributed by atoms with Crippen LogP contribution >= 0.6 is 15.9 Å². The van der Waals surface area contributed by atoms with E-state index in [2.05, 4.69) is 20.5 Å². The molecule has 3 rings (SSSR count). The van der Waals surface area contributed by atoms with Gasteiger partial charge < -0.3 is 14.6 Å². The van der Waals surface area contributed by atoms with E-state index >= 15 is 0 Å². The molecule has 0 unspecified atom stereocenters. The van der Waals surface area contributed by atoms with E-state index in [0.717, 1.165) is 27.8 Å². The number of nitrogens with zero attached hydrogens (tertiary/aromatic N) is 2. The maximum absolute atomic E-state index is 12.4. The molecular weight excluding hydrogens is 380 g/mol. The van der Waals surface area contributed by atoms with Gasteiger partial charge in [0.1, 0.15) is 5.75 Å². The number of aromatic nitrogens is 1. The van der Waals surface area contributed by atoms with Crippen molar-refractivity contribution in [3.63, 3.8) is 0 Å². The quantitative estimate of drug-likeness (QED) is 0.647. The van der Waals surface area contributed by atoms with Crippen LogP contribution in [0, 0.1) is 6.92 Å². The van der Waals surface area contributed by atoms with Crippen molar-refractivity contribution >= 4 is 32.6 Å². The zero-order valence-corrected chi connectivity index (χ0v) is 16.4. The minimum Gasteiger partial charge on any atom is -0.506 e. The molecule has 0 bridgehead atoms. The summed E-state index contributed by atoms with van der Waals surface area (Å²) in [7, 11) is 3.89. The van der Waals surface area contributed by atoms with E-state index in [4.69, 9.17) is 0 Å². The molecular formula is C20H21BrN2O2. The van der Waals surface area contributed by atoms with Crippen molar-refractivity contribution in [1.82, 2.24) is 9.47 Å². The van der Waals surface area contributed by atoms with Gasteiger partial charge in [0, 0.05) is 34.4 Å². The Morgan fingerprint density at radius 3 is 2.44 bits per heavy atom. The standard InChI is InChI=1S/C20H21BrN2O2/c1-12-18(13(2)24)19-15(11-22(3)4)20(25)16(21)10-17(19)23(12)14-8-6-5-7-9-14/h5-10,25H,11H2,1-4H3. The molecule has 4 nitrogen and oxygen atoms in total. The SMILES string of the molecule is CC(=O)c1c(C)n(-c2ccccc2)c2cc(Br)c(O)c(CN(C)C)c12. The van der Waals surface area contributed by atoms with Crippen LogP contribution < -0.4 is 0 Å². The summed E-state index contributed by atoms with van der Waals surface area (Å²) in [6.07, 6.45) is 0. The van der Waals surface area contributed by atoms with Gasteiger partial charge in [-0.2, -0.15) is 0 Å². The highest BCUT2D eigenvalue weighted by Gasteiger charge is 2.24. The summed E-state index contributed by atoms with van der Waals surface area (Å²) in [5.41, 5.74) is 4.21. The molecule has 1 heterocycles. The zero-order chi connectivity index (χ0) is 18.3. The Balaban J connectivity index is 2.50. The van der Waals surface area contributed by atoms with Crippen molar-refractivity contribution in [2.24, 2.45) is 0 Å². The van der Waals surface area contributed by atoms with Gasteiger partial charge in [-0.25, -0.2) is 0 Å². The minimum absolute atomic E-state index is 0.00101. The molecule has 0 aliphatic heterocycles. The summed E-state index contributed by atoms with van der Waals surface area (Å²) in [6.45, 7) is 4.07. The Morgan fingerprint density at radius 1 is 1.24 bits per heavy atom. The van der Waals surface area contributed by atoms with Crippen molar-refractivity contribution in [2.45, 2.75) is 20.4 Å². The highest BCUT2D eigenvalue weighted by atomic mass is 79.9. The number of ketones is 1. The van der Waals surface area contributed by atoms with Crippen LogP contribution in [0.5, 0.6) is 5.75 Å². The monoisotopic (exact) mass is 400 g/mol. The minimum atomic E-state index is -0.00101. The number of para-hydroxylation sites is 1. The van der Waals surface area contributed by atoms with Crippen LogP contribution in [0.15, 0.2) is 40.9 Å². The van der Waals surface area contributed by atoms with Gasteiger partial charge >= 0.3 is 0 Å². The number of rotatable bonds is 4. The Bertz CT molecular complexity index is 959. The first-order valence-corrected chi connectivity index (χ1v) is 8.88. The second kappa shape index (κ2) is 6.65. The van der Waals surface area contributed by atoms with E-state index in [-0.39, 0.29) is 11.5 Å². The molecule has 5 heteroatoms. The smallest absolute Gasteiger partial charge is 0.162 e. The lowest BCUT2D eigenvalue weighted by Gasteiger charge is -2.15. The van der Waals surface area contributed by atoms with E-state index in [0.29, 0.717) is 16.6 Å². The van der Waals surface area contributed by atoms with Gasteiger partial charge in [-0.3, -0.25) is 4.79 Å². The number of aromatic hydroxyl groups is 1. The summed E-state index contributed by atoms with van der Waals surface area (Å²) in [6, 6.07) is 11.8. The lowest BCUT2D eigenvalue weighted by molar-refractivity contribution is 0.101. The van der Waals surface area contributed by atoms with Crippen LogP contribution in [0.3, 0.4) is 0 Å². The molecule has 25 heavy (non-hydrogen) atoms. The number of benzene rings is 2. The van der Waals surface area contributed by atoms with E-state index in [9.17, 15) is 9.90 Å². The topological polar surface area (TPSA) is 45.5 Å². The van der Waals surface area contributed by atoms with Crippen LogP contribution in [-0.2, 0) is 6.54 Å². The average molecular weight is 401 g/mol. The second-order valence-electron chi connectivity index (χ2n) is 6.51. The van der Waals surface area contributed by atoms with Crippen molar-refractivity contribution in [2.75, 3.05) is 14.1 Å². The first kappa shape index (κ1) is 17.7. The van der Waals surface area contributed by atoms with Gasteiger partial charge in [0.25, 0.3) is 0 Å². The summed E-state index contributed by atoms with van der Waals surface area (Å²) in [5.74, 6) is 0.188. The molecule has 0 radical (unpaired) electrons. The van der Waals surface area contributed by atoms with Gasteiger partial charge in [-0.05, 0) is 62.1 Å². The maximum Gasteiger partial charge on any atom is 0.162 e. The van der Waals surface area contributed by atoms with Crippen molar-refractivity contribution in [3.8, 4) is 11.4 Å². The highest BCUT2D eigenvalue weighted by molar-refractivity contribution is 9.10. The van der Waals surface area contributed by atoms with Gasteiger partial charge in [0.15, 0.2) is 5.78 Å². The fourth-order valence-corrected chi connectivity index (χ4v) is 3.87. The number of halogens is 1. The van der Waals surface area contributed by atoms with Gasteiger partial charge in [0.05, 0.1) is 9.99 Å². The largest absolute Gasteiger partial charge is 0.506 e. The predicted molar refractivity (Wildman–Crippen MR) is 105 cm³/mol. The number of hydrogen-bond acceptors (Lipinski definition) is 3. The Kier molecular flexibility index (Phi) is 4.71. The van der Waals surface area contributed by atoms with Crippen LogP contribution in [0.4, 0.5) is 0 Å². The Labute approximate surface area is 155 Å². The first-order chi connectivity index (χ1) is 11.8. The molecule has 130 valence electrons. The zero-order valence-electron chi connectivity index (χ0n) is 14.8. The molecule has 0 fully saturated rings. The number of Topliss-reactive ketones (excluding diaryl/α,β-unsaturated/α-hetero) is 1. The number of phenolic OH excluding ortho intramolecular Hbond substituents is 1. The van der Waals surface area contributed by atoms with Crippen molar-refractivity contribution in [1.29, 1.82) is 0 Å². The number of hydrogen-bond donors (Lipinski definition) is 1. The van der Waals surface area contributed by atoms with Crippen LogP contribution in [-0.4, -0.2) is 34.5 Å². The molecule has 3 aromatic rings.